The van der Waals surface area contributed by atoms with Crippen LogP contribution in [0.3, 0.4) is 0 Å². The van der Waals surface area contributed by atoms with Crippen molar-refractivity contribution in [1.82, 2.24) is 4.90 Å². The van der Waals surface area contributed by atoms with E-state index < -0.39 is 0 Å². The maximum Gasteiger partial charge on any atom is 0.0695 e. The minimum Gasteiger partial charge on any atom is -0.391 e. The molecule has 3 nitrogen and oxygen atoms in total. The van der Waals surface area contributed by atoms with Crippen molar-refractivity contribution in [3.05, 3.63) is 0 Å². The molecule has 108 valence electrons. The molecular formula is C15H31NO2. The topological polar surface area (TPSA) is 32.7 Å². The Balaban J connectivity index is 2.74. The van der Waals surface area contributed by atoms with E-state index >= 15 is 0 Å². The van der Waals surface area contributed by atoms with Gasteiger partial charge in [0.05, 0.1) is 12.7 Å². The molecule has 0 heterocycles. The minimum absolute atomic E-state index is 0.177. The monoisotopic (exact) mass is 257 g/mol. The zero-order valence-corrected chi connectivity index (χ0v) is 12.8. The molecule has 0 bridgehead atoms. The quantitative estimate of drug-likeness (QED) is 0.794. The van der Waals surface area contributed by atoms with Crippen LogP contribution in [0.25, 0.3) is 0 Å². The summed E-state index contributed by atoms with van der Waals surface area (Å²) in [5.74, 6) is 0. The highest BCUT2D eigenvalue weighted by molar-refractivity contribution is 4.92. The molecule has 1 aliphatic rings. The van der Waals surface area contributed by atoms with Crippen LogP contribution in [-0.4, -0.2) is 48.5 Å². The Morgan fingerprint density at radius 1 is 1.44 bits per heavy atom. The van der Waals surface area contributed by atoms with E-state index in [2.05, 4.69) is 32.6 Å². The number of hydrogen-bond acceptors (Lipinski definition) is 3. The molecule has 0 saturated heterocycles. The highest BCUT2D eigenvalue weighted by atomic mass is 16.5. The van der Waals surface area contributed by atoms with Crippen LogP contribution in [-0.2, 0) is 4.74 Å². The van der Waals surface area contributed by atoms with Gasteiger partial charge < -0.3 is 9.84 Å². The predicted molar refractivity (Wildman–Crippen MR) is 75.8 cm³/mol. The molecule has 1 fully saturated rings. The molecule has 1 aliphatic carbocycles. The fourth-order valence-corrected chi connectivity index (χ4v) is 3.02. The largest absolute Gasteiger partial charge is 0.391 e. The molecule has 3 atom stereocenters. The van der Waals surface area contributed by atoms with Crippen molar-refractivity contribution in [2.45, 2.75) is 71.6 Å². The van der Waals surface area contributed by atoms with Gasteiger partial charge in [-0.25, -0.2) is 0 Å². The summed E-state index contributed by atoms with van der Waals surface area (Å²) in [7, 11) is 1.75. The lowest BCUT2D eigenvalue weighted by Gasteiger charge is -2.46. The second-order valence-corrected chi connectivity index (χ2v) is 6.53. The smallest absolute Gasteiger partial charge is 0.0695 e. The number of rotatable bonds is 6. The summed E-state index contributed by atoms with van der Waals surface area (Å²) < 4.78 is 5.22. The van der Waals surface area contributed by atoms with Crippen LogP contribution < -0.4 is 0 Å². The summed E-state index contributed by atoms with van der Waals surface area (Å²) in [6.07, 6.45) is 4.08. The van der Waals surface area contributed by atoms with Gasteiger partial charge in [-0.1, -0.05) is 20.8 Å². The van der Waals surface area contributed by atoms with Crippen molar-refractivity contribution in [1.29, 1.82) is 0 Å². The van der Waals surface area contributed by atoms with Crippen molar-refractivity contribution in [3.8, 4) is 0 Å². The third-order valence-electron chi connectivity index (χ3n) is 4.46. The lowest BCUT2D eigenvalue weighted by Crippen LogP contribution is -2.53. The number of hydrogen-bond donors (Lipinski definition) is 1. The zero-order chi connectivity index (χ0) is 13.8. The minimum atomic E-state index is -0.177. The van der Waals surface area contributed by atoms with Crippen LogP contribution in [0.2, 0.25) is 0 Å². The number of ether oxygens (including phenoxy) is 1. The first-order valence-corrected chi connectivity index (χ1v) is 7.34. The lowest BCUT2D eigenvalue weighted by molar-refractivity contribution is -0.0396. The van der Waals surface area contributed by atoms with Gasteiger partial charge >= 0.3 is 0 Å². The summed E-state index contributed by atoms with van der Waals surface area (Å²) in [6.45, 7) is 10.8. The number of nitrogens with zero attached hydrogens (tertiary/aromatic N) is 1. The fourth-order valence-electron chi connectivity index (χ4n) is 3.02. The molecule has 0 spiro atoms. The van der Waals surface area contributed by atoms with Gasteiger partial charge in [0.1, 0.15) is 0 Å². The van der Waals surface area contributed by atoms with E-state index in [-0.39, 0.29) is 6.10 Å². The molecule has 1 rings (SSSR count). The first-order valence-electron chi connectivity index (χ1n) is 7.34. The highest BCUT2D eigenvalue weighted by Gasteiger charge is 2.38. The van der Waals surface area contributed by atoms with Crippen molar-refractivity contribution >= 4 is 0 Å². The Morgan fingerprint density at radius 3 is 2.67 bits per heavy atom. The Labute approximate surface area is 113 Å². The molecule has 0 amide bonds. The van der Waals surface area contributed by atoms with Gasteiger partial charge in [-0.2, -0.15) is 0 Å². The van der Waals surface area contributed by atoms with Crippen molar-refractivity contribution in [3.63, 3.8) is 0 Å². The third-order valence-corrected chi connectivity index (χ3v) is 4.46. The predicted octanol–water partition coefficient (Wildman–Crippen LogP) is 2.67. The molecule has 3 unspecified atom stereocenters. The Bertz CT molecular complexity index is 243. The van der Waals surface area contributed by atoms with E-state index in [1.165, 1.54) is 0 Å². The van der Waals surface area contributed by atoms with Gasteiger partial charge in [-0.3, -0.25) is 4.90 Å². The maximum atomic E-state index is 10.3. The van der Waals surface area contributed by atoms with Crippen molar-refractivity contribution < 1.29 is 9.84 Å². The molecule has 0 radical (unpaired) electrons. The summed E-state index contributed by atoms with van der Waals surface area (Å²) in [5, 5.41) is 10.3. The average molecular weight is 257 g/mol. The fraction of sp³-hybridized carbons (Fsp3) is 1.00. The van der Waals surface area contributed by atoms with Crippen molar-refractivity contribution in [2.75, 3.05) is 20.3 Å². The molecule has 18 heavy (non-hydrogen) atoms. The van der Waals surface area contributed by atoms with Crippen LogP contribution >= 0.6 is 0 Å². The molecule has 3 heteroatoms. The molecule has 0 aromatic carbocycles. The van der Waals surface area contributed by atoms with Crippen molar-refractivity contribution in [2.24, 2.45) is 5.41 Å². The van der Waals surface area contributed by atoms with E-state index in [9.17, 15) is 5.11 Å². The molecular weight excluding hydrogens is 226 g/mol. The Morgan fingerprint density at radius 2 is 2.11 bits per heavy atom. The summed E-state index contributed by atoms with van der Waals surface area (Å²) >= 11 is 0. The first-order chi connectivity index (χ1) is 8.41. The van der Waals surface area contributed by atoms with E-state index in [1.807, 2.05) is 0 Å². The van der Waals surface area contributed by atoms with E-state index in [1.54, 1.807) is 7.11 Å². The van der Waals surface area contributed by atoms with Gasteiger partial charge in [-0.05, 0) is 38.0 Å². The lowest BCUT2D eigenvalue weighted by atomic mass is 9.73. The van der Waals surface area contributed by atoms with Crippen LogP contribution in [0.1, 0.15) is 53.4 Å². The number of methoxy groups -OCH3 is 1. The van der Waals surface area contributed by atoms with E-state index in [0.717, 1.165) is 38.8 Å². The van der Waals surface area contributed by atoms with Gasteiger partial charge in [0.15, 0.2) is 0 Å². The van der Waals surface area contributed by atoms with Gasteiger partial charge in [0.25, 0.3) is 0 Å². The summed E-state index contributed by atoms with van der Waals surface area (Å²) in [6, 6.07) is 0.799. The molecule has 1 N–H and O–H groups in total. The number of aliphatic hydroxyl groups excluding tert-OH is 1. The van der Waals surface area contributed by atoms with Crippen LogP contribution in [0.5, 0.6) is 0 Å². The first kappa shape index (κ1) is 15.9. The summed E-state index contributed by atoms with van der Waals surface area (Å²) in [4.78, 5) is 2.45. The second-order valence-electron chi connectivity index (χ2n) is 6.53. The van der Waals surface area contributed by atoms with Crippen LogP contribution in [0, 0.1) is 5.41 Å². The Kier molecular flexibility index (Phi) is 6.09. The van der Waals surface area contributed by atoms with Gasteiger partial charge in [-0.15, -0.1) is 0 Å². The van der Waals surface area contributed by atoms with Crippen LogP contribution in [0.15, 0.2) is 0 Å². The average Bonchev–Trinajstić information content (AvgIpc) is 2.33. The third kappa shape index (κ3) is 4.22. The van der Waals surface area contributed by atoms with Crippen LogP contribution in [0.4, 0.5) is 0 Å². The molecule has 0 aromatic rings. The normalized spacial score (nSPS) is 29.5. The SMILES string of the molecule is CCC(C)N(CCOC)C1CC(C)(C)CCC1O. The zero-order valence-electron chi connectivity index (χ0n) is 12.8. The summed E-state index contributed by atoms with van der Waals surface area (Å²) in [5.41, 5.74) is 0.350. The molecule has 0 aromatic heterocycles. The van der Waals surface area contributed by atoms with Gasteiger partial charge in [0.2, 0.25) is 0 Å². The molecule has 0 aliphatic heterocycles. The number of aliphatic hydroxyl groups is 1. The van der Waals surface area contributed by atoms with E-state index in [4.69, 9.17) is 4.74 Å². The standard InChI is InChI=1S/C15H31NO2/c1-6-12(2)16(9-10-18-5)13-11-15(3,4)8-7-14(13)17/h12-14,17H,6-11H2,1-5H3. The Hall–Kier alpha value is -0.120. The maximum absolute atomic E-state index is 10.3. The highest BCUT2D eigenvalue weighted by Crippen LogP contribution is 2.38. The van der Waals surface area contributed by atoms with E-state index in [0.29, 0.717) is 17.5 Å². The van der Waals surface area contributed by atoms with Gasteiger partial charge in [0, 0.05) is 25.7 Å². The second kappa shape index (κ2) is 6.88. The molecule has 1 saturated carbocycles.